The molecule has 1 aromatic carbocycles. The lowest BCUT2D eigenvalue weighted by Crippen LogP contribution is -2.45. The number of nitrogens with zero attached hydrogens (tertiary/aromatic N) is 6. The lowest BCUT2D eigenvalue weighted by molar-refractivity contribution is -0.164. The number of methoxy groups -OCH3 is 1. The first-order chi connectivity index (χ1) is 21.0. The van der Waals surface area contributed by atoms with Crippen molar-refractivity contribution in [2.24, 2.45) is 0 Å². The van der Waals surface area contributed by atoms with Gasteiger partial charge in [-0.15, -0.1) is 0 Å². The molecule has 4 aromatic rings. The van der Waals surface area contributed by atoms with Crippen molar-refractivity contribution >= 4 is 17.4 Å². The first-order valence-electron chi connectivity index (χ1n) is 15.4. The molecule has 3 aliphatic heterocycles. The van der Waals surface area contributed by atoms with Crippen molar-refractivity contribution in [1.29, 1.82) is 0 Å². The first kappa shape index (κ1) is 30.0. The Bertz CT molecular complexity index is 1690. The number of esters is 1. The normalized spacial score (nSPS) is 17.6. The van der Waals surface area contributed by atoms with E-state index >= 15 is 0 Å². The molecule has 6 heterocycles. The van der Waals surface area contributed by atoms with E-state index in [9.17, 15) is 4.79 Å². The Morgan fingerprint density at radius 2 is 1.89 bits per heavy atom. The van der Waals surface area contributed by atoms with Gasteiger partial charge >= 0.3 is 5.97 Å². The highest BCUT2D eigenvalue weighted by atomic mass is 16.6. The van der Waals surface area contributed by atoms with Crippen molar-refractivity contribution < 1.29 is 19.0 Å². The van der Waals surface area contributed by atoms with Gasteiger partial charge in [-0.05, 0) is 78.5 Å². The highest BCUT2D eigenvalue weighted by molar-refractivity contribution is 5.80. The van der Waals surface area contributed by atoms with Crippen LogP contribution in [0.15, 0.2) is 54.7 Å². The van der Waals surface area contributed by atoms with Gasteiger partial charge in [0.15, 0.2) is 11.8 Å². The topological polar surface area (TPSA) is 96.0 Å². The molecular formula is C34H42N6O4. The van der Waals surface area contributed by atoms with E-state index in [4.69, 9.17) is 29.4 Å². The summed E-state index contributed by atoms with van der Waals surface area (Å²) in [5.41, 5.74) is 4.91. The van der Waals surface area contributed by atoms with Gasteiger partial charge in [0.05, 0.1) is 47.6 Å². The van der Waals surface area contributed by atoms with E-state index in [1.165, 1.54) is 7.11 Å². The minimum Gasteiger partial charge on any atom is -0.467 e. The third-order valence-electron chi connectivity index (χ3n) is 8.39. The minimum absolute atomic E-state index is 0.263. The maximum absolute atomic E-state index is 13.3. The van der Waals surface area contributed by atoms with Crippen LogP contribution in [0, 0.1) is 6.92 Å². The van der Waals surface area contributed by atoms with Crippen molar-refractivity contribution in [3.05, 3.63) is 71.7 Å². The largest absolute Gasteiger partial charge is 0.467 e. The van der Waals surface area contributed by atoms with Crippen LogP contribution in [0.2, 0.25) is 0 Å². The molecule has 8 bridgehead atoms. The molecule has 0 saturated carbocycles. The summed E-state index contributed by atoms with van der Waals surface area (Å²) in [5.74, 6) is 0.324. The average Bonchev–Trinajstić information content (AvgIpc) is 3.64. The summed E-state index contributed by atoms with van der Waals surface area (Å²) in [6, 6.07) is 12.3. The number of fused-ring (bicyclic) bond motifs is 6. The SMILES string of the molecule is COC(=O)[C@@H](OC(C)(C)C)c1c(C)nc2cc3nn2c1N1CCC(C)(CC1)OCC=CCCc1ccn(n1)-c1cccc-3c1. The fourth-order valence-corrected chi connectivity index (χ4v) is 6.00. The minimum atomic E-state index is -0.975. The van der Waals surface area contributed by atoms with Crippen molar-refractivity contribution in [1.82, 2.24) is 24.4 Å². The van der Waals surface area contributed by atoms with Gasteiger partial charge < -0.3 is 19.1 Å². The molecule has 232 valence electrons. The number of carbonyl (C=O) groups excluding carboxylic acids is 1. The fourth-order valence-electron chi connectivity index (χ4n) is 6.00. The van der Waals surface area contributed by atoms with E-state index in [-0.39, 0.29) is 5.60 Å². The Morgan fingerprint density at radius 3 is 2.64 bits per heavy atom. The van der Waals surface area contributed by atoms with Crippen LogP contribution in [-0.4, -0.2) is 68.4 Å². The van der Waals surface area contributed by atoms with Gasteiger partial charge in [0.25, 0.3) is 0 Å². The Labute approximate surface area is 258 Å². The molecule has 10 nitrogen and oxygen atoms in total. The van der Waals surface area contributed by atoms with Gasteiger partial charge in [0.1, 0.15) is 5.82 Å². The molecule has 0 unspecified atom stereocenters. The Balaban J connectivity index is 1.53. The fraction of sp³-hybridized carbons (Fsp3) is 0.471. The zero-order valence-electron chi connectivity index (χ0n) is 26.5. The smallest absolute Gasteiger partial charge is 0.339 e. The molecule has 0 aliphatic carbocycles. The Hall–Kier alpha value is -4.02. The average molecular weight is 599 g/mol. The predicted molar refractivity (Wildman–Crippen MR) is 169 cm³/mol. The van der Waals surface area contributed by atoms with Crippen LogP contribution in [0.5, 0.6) is 0 Å². The molecule has 10 heteroatoms. The summed E-state index contributed by atoms with van der Waals surface area (Å²) in [4.78, 5) is 20.6. The van der Waals surface area contributed by atoms with Gasteiger partial charge in [-0.2, -0.15) is 14.7 Å². The second kappa shape index (κ2) is 11.8. The molecule has 0 radical (unpaired) electrons. The van der Waals surface area contributed by atoms with Gasteiger partial charge in [0, 0.05) is 36.6 Å². The number of carbonyl (C=O) groups is 1. The molecular weight excluding hydrogens is 556 g/mol. The van der Waals surface area contributed by atoms with Crippen molar-refractivity contribution in [2.75, 3.05) is 31.7 Å². The van der Waals surface area contributed by atoms with Crippen LogP contribution in [0.25, 0.3) is 22.6 Å². The van der Waals surface area contributed by atoms with Crippen molar-refractivity contribution in [3.63, 3.8) is 0 Å². The lowest BCUT2D eigenvalue weighted by Gasteiger charge is -2.41. The van der Waals surface area contributed by atoms with Crippen molar-refractivity contribution in [2.45, 2.75) is 77.6 Å². The van der Waals surface area contributed by atoms with Gasteiger partial charge in [0.2, 0.25) is 0 Å². The van der Waals surface area contributed by atoms with Crippen molar-refractivity contribution in [3.8, 4) is 16.9 Å². The number of rotatable bonds is 3. The van der Waals surface area contributed by atoms with E-state index in [1.54, 1.807) is 0 Å². The summed E-state index contributed by atoms with van der Waals surface area (Å²) < 4.78 is 21.8. The van der Waals surface area contributed by atoms with E-state index in [1.807, 2.05) is 67.4 Å². The number of hydrogen-bond donors (Lipinski definition) is 0. The van der Waals surface area contributed by atoms with E-state index < -0.39 is 17.7 Å². The summed E-state index contributed by atoms with van der Waals surface area (Å²) in [7, 11) is 1.39. The summed E-state index contributed by atoms with van der Waals surface area (Å²) in [6.07, 6.45) is 8.72. The Morgan fingerprint density at radius 1 is 1.09 bits per heavy atom. The van der Waals surface area contributed by atoms with E-state index in [0.29, 0.717) is 23.5 Å². The maximum Gasteiger partial charge on any atom is 0.339 e. The van der Waals surface area contributed by atoms with Crippen LogP contribution in [0.1, 0.15) is 70.0 Å². The number of allylic oxidation sites excluding steroid dienone is 1. The van der Waals surface area contributed by atoms with Crippen LogP contribution in [0.4, 0.5) is 5.82 Å². The molecule has 0 spiro atoms. The highest BCUT2D eigenvalue weighted by Crippen LogP contribution is 2.38. The number of anilines is 1. The number of hydrogen-bond acceptors (Lipinski definition) is 8. The van der Waals surface area contributed by atoms with E-state index in [0.717, 1.165) is 67.2 Å². The molecule has 7 rings (SSSR count). The van der Waals surface area contributed by atoms with Gasteiger partial charge in [-0.3, -0.25) is 0 Å². The molecule has 0 amide bonds. The summed E-state index contributed by atoms with van der Waals surface area (Å²) in [5, 5.41) is 9.93. The number of aryl methyl sites for hydroxylation is 2. The molecule has 3 aromatic heterocycles. The number of piperidine rings is 1. The predicted octanol–water partition coefficient (Wildman–Crippen LogP) is 5.80. The van der Waals surface area contributed by atoms with Crippen LogP contribution < -0.4 is 4.90 Å². The van der Waals surface area contributed by atoms with Gasteiger partial charge in [-0.1, -0.05) is 24.3 Å². The zero-order chi connectivity index (χ0) is 31.1. The quantitative estimate of drug-likeness (QED) is 0.216. The molecule has 1 saturated heterocycles. The number of aromatic nitrogens is 5. The monoisotopic (exact) mass is 598 g/mol. The lowest BCUT2D eigenvalue weighted by atomic mass is 9.92. The third kappa shape index (κ3) is 6.14. The Kier molecular flexibility index (Phi) is 8.06. The van der Waals surface area contributed by atoms with Crippen LogP contribution in [-0.2, 0) is 25.4 Å². The van der Waals surface area contributed by atoms with E-state index in [2.05, 4.69) is 36.1 Å². The maximum atomic E-state index is 13.3. The summed E-state index contributed by atoms with van der Waals surface area (Å²) in [6.45, 7) is 11.9. The molecule has 1 fully saturated rings. The zero-order valence-corrected chi connectivity index (χ0v) is 26.5. The van der Waals surface area contributed by atoms with Gasteiger partial charge in [-0.25, -0.2) is 14.5 Å². The van der Waals surface area contributed by atoms with Crippen LogP contribution >= 0.6 is 0 Å². The standard InChI is InChI=1S/C34H42N6O4/c1-23-29(30(32(41)42-6)44-33(2,3)4)31-38-18-15-34(5,16-19-38)43-20-9-7-8-12-25-14-17-39(36-25)26-13-10-11-24(21-26)27-22-28(35-23)40(31)37-27/h7,9-11,13-14,17,21-22,30H,8,12,15-16,18-20H2,1-6H3/t30-/m0/s1. The second-order valence-electron chi connectivity index (χ2n) is 12.9. The number of benzene rings is 1. The molecule has 0 N–H and O–H groups in total. The molecule has 1 atom stereocenters. The van der Waals surface area contributed by atoms with Crippen LogP contribution in [0.3, 0.4) is 0 Å². The first-order valence-corrected chi connectivity index (χ1v) is 15.4. The summed E-state index contributed by atoms with van der Waals surface area (Å²) >= 11 is 0. The highest BCUT2D eigenvalue weighted by Gasteiger charge is 2.38. The third-order valence-corrected chi connectivity index (χ3v) is 8.39. The second-order valence-corrected chi connectivity index (χ2v) is 12.9. The number of ether oxygens (including phenoxy) is 3. The molecule has 3 aliphatic rings. The molecule has 44 heavy (non-hydrogen) atoms.